The van der Waals surface area contributed by atoms with E-state index in [9.17, 15) is 13.2 Å². The number of hydrogen-bond donors (Lipinski definition) is 2. The van der Waals surface area contributed by atoms with Gasteiger partial charge >= 0.3 is 0 Å². The number of para-hydroxylation sites is 1. The summed E-state index contributed by atoms with van der Waals surface area (Å²) in [4.78, 5) is 11.5. The van der Waals surface area contributed by atoms with Gasteiger partial charge in [0.15, 0.2) is 5.76 Å². The smallest absolute Gasteiger partial charge is 0.261 e. The quantitative estimate of drug-likeness (QED) is 0.581. The highest BCUT2D eigenvalue weighted by atomic mass is 32.2. The van der Waals surface area contributed by atoms with Gasteiger partial charge in [-0.2, -0.15) is 0 Å². The SMILES string of the molecule is CCc1ccccc1NS(=O)(=O)c1ccc(C=Cc2onc(C)c2NC(C)=O)cc1. The van der Waals surface area contributed by atoms with Crippen molar-refractivity contribution in [2.75, 3.05) is 10.0 Å². The summed E-state index contributed by atoms with van der Waals surface area (Å²) in [5.41, 5.74) is 3.36. The molecule has 1 amide bonds. The van der Waals surface area contributed by atoms with Crippen molar-refractivity contribution >= 4 is 39.5 Å². The van der Waals surface area contributed by atoms with Crippen molar-refractivity contribution in [2.45, 2.75) is 32.1 Å². The lowest BCUT2D eigenvalue weighted by Gasteiger charge is -2.11. The molecule has 0 aliphatic heterocycles. The van der Waals surface area contributed by atoms with Crippen molar-refractivity contribution in [3.63, 3.8) is 0 Å². The van der Waals surface area contributed by atoms with E-state index in [2.05, 4.69) is 15.2 Å². The second-order valence-electron chi connectivity index (χ2n) is 6.71. The van der Waals surface area contributed by atoms with Gasteiger partial charge in [0.25, 0.3) is 10.0 Å². The van der Waals surface area contributed by atoms with Crippen LogP contribution in [-0.4, -0.2) is 19.5 Å². The van der Waals surface area contributed by atoms with Crippen LogP contribution in [0, 0.1) is 6.92 Å². The highest BCUT2D eigenvalue weighted by Crippen LogP contribution is 2.24. The van der Waals surface area contributed by atoms with Crippen LogP contribution in [0.15, 0.2) is 57.9 Å². The van der Waals surface area contributed by atoms with E-state index in [0.717, 1.165) is 17.5 Å². The first kappa shape index (κ1) is 21.3. The molecule has 1 heterocycles. The summed E-state index contributed by atoms with van der Waals surface area (Å²) in [7, 11) is -3.70. The topological polar surface area (TPSA) is 101 Å². The number of carbonyl (C=O) groups is 1. The monoisotopic (exact) mass is 425 g/mol. The molecule has 0 aliphatic carbocycles. The van der Waals surface area contributed by atoms with Crippen LogP contribution < -0.4 is 10.0 Å². The minimum Gasteiger partial charge on any atom is -0.354 e. The van der Waals surface area contributed by atoms with Gasteiger partial charge in [0, 0.05) is 6.92 Å². The second-order valence-corrected chi connectivity index (χ2v) is 8.39. The van der Waals surface area contributed by atoms with E-state index >= 15 is 0 Å². The lowest BCUT2D eigenvalue weighted by Crippen LogP contribution is -2.14. The molecule has 0 aliphatic rings. The molecule has 8 heteroatoms. The third-order valence-electron chi connectivity index (χ3n) is 4.45. The van der Waals surface area contributed by atoms with Gasteiger partial charge in [-0.25, -0.2) is 8.42 Å². The molecular weight excluding hydrogens is 402 g/mol. The maximum Gasteiger partial charge on any atom is 0.261 e. The number of anilines is 2. The highest BCUT2D eigenvalue weighted by Gasteiger charge is 2.15. The number of hydrogen-bond acceptors (Lipinski definition) is 5. The van der Waals surface area contributed by atoms with E-state index in [0.29, 0.717) is 22.8 Å². The molecule has 0 spiro atoms. The summed E-state index contributed by atoms with van der Waals surface area (Å²) >= 11 is 0. The van der Waals surface area contributed by atoms with Gasteiger partial charge in [-0.3, -0.25) is 9.52 Å². The Balaban J connectivity index is 1.78. The van der Waals surface area contributed by atoms with E-state index in [-0.39, 0.29) is 10.8 Å². The fraction of sp³-hybridized carbons (Fsp3) is 0.182. The summed E-state index contributed by atoms with van der Waals surface area (Å²) in [5.74, 6) is 0.194. The van der Waals surface area contributed by atoms with Gasteiger partial charge in [0.1, 0.15) is 11.4 Å². The molecule has 3 aromatic rings. The first-order valence-corrected chi connectivity index (χ1v) is 10.9. The molecule has 0 unspecified atom stereocenters. The molecule has 0 fully saturated rings. The van der Waals surface area contributed by atoms with Gasteiger partial charge < -0.3 is 9.84 Å². The first-order valence-electron chi connectivity index (χ1n) is 9.43. The van der Waals surface area contributed by atoms with Crippen molar-refractivity contribution in [1.29, 1.82) is 0 Å². The molecule has 0 radical (unpaired) electrons. The summed E-state index contributed by atoms with van der Waals surface area (Å²) in [6.07, 6.45) is 4.15. The van der Waals surface area contributed by atoms with Crippen molar-refractivity contribution < 1.29 is 17.7 Å². The molecule has 0 saturated carbocycles. The van der Waals surface area contributed by atoms with Gasteiger partial charge in [0.05, 0.1) is 10.6 Å². The molecule has 0 atom stereocenters. The van der Waals surface area contributed by atoms with Crippen molar-refractivity contribution in [1.82, 2.24) is 5.16 Å². The minimum atomic E-state index is -3.70. The van der Waals surface area contributed by atoms with Gasteiger partial charge in [-0.1, -0.05) is 48.5 Å². The number of amides is 1. The van der Waals surface area contributed by atoms with Gasteiger partial charge in [-0.15, -0.1) is 0 Å². The zero-order valence-electron chi connectivity index (χ0n) is 17.0. The molecule has 2 aromatic carbocycles. The van der Waals surface area contributed by atoms with Crippen LogP contribution in [0.25, 0.3) is 12.2 Å². The fourth-order valence-electron chi connectivity index (χ4n) is 2.89. The zero-order chi connectivity index (χ0) is 21.7. The van der Waals surface area contributed by atoms with E-state index in [4.69, 9.17) is 4.52 Å². The molecule has 3 rings (SSSR count). The minimum absolute atomic E-state index is 0.167. The van der Waals surface area contributed by atoms with Crippen molar-refractivity contribution in [2.24, 2.45) is 0 Å². The summed E-state index contributed by atoms with van der Waals surface area (Å²) in [6, 6.07) is 13.8. The summed E-state index contributed by atoms with van der Waals surface area (Å²) in [5, 5.41) is 6.54. The number of carbonyl (C=O) groups excluding carboxylic acids is 1. The number of aryl methyl sites for hydroxylation is 2. The summed E-state index contributed by atoms with van der Waals surface area (Å²) in [6.45, 7) is 5.11. The average Bonchev–Trinajstić information content (AvgIpc) is 3.06. The zero-order valence-corrected chi connectivity index (χ0v) is 17.8. The van der Waals surface area contributed by atoms with E-state index in [1.54, 1.807) is 43.3 Å². The predicted molar refractivity (Wildman–Crippen MR) is 118 cm³/mol. The first-order chi connectivity index (χ1) is 14.3. The molecule has 2 N–H and O–H groups in total. The maximum absolute atomic E-state index is 12.7. The van der Waals surface area contributed by atoms with E-state index in [1.807, 2.05) is 19.1 Å². The average molecular weight is 426 g/mol. The lowest BCUT2D eigenvalue weighted by atomic mass is 10.1. The maximum atomic E-state index is 12.7. The van der Waals surface area contributed by atoms with E-state index < -0.39 is 10.0 Å². The van der Waals surface area contributed by atoms with Crippen molar-refractivity contribution in [3.05, 3.63) is 71.1 Å². The Morgan fingerprint density at radius 3 is 2.47 bits per heavy atom. The third-order valence-corrected chi connectivity index (χ3v) is 5.83. The molecule has 7 nitrogen and oxygen atoms in total. The molecule has 0 bridgehead atoms. The highest BCUT2D eigenvalue weighted by molar-refractivity contribution is 7.92. The van der Waals surface area contributed by atoms with Gasteiger partial charge in [0.2, 0.25) is 5.91 Å². The van der Waals surface area contributed by atoms with Crippen LogP contribution in [0.2, 0.25) is 0 Å². The van der Waals surface area contributed by atoms with Crippen LogP contribution in [0.5, 0.6) is 0 Å². The number of nitrogens with zero attached hydrogens (tertiary/aromatic N) is 1. The van der Waals surface area contributed by atoms with Crippen LogP contribution in [0.4, 0.5) is 11.4 Å². The van der Waals surface area contributed by atoms with E-state index in [1.165, 1.54) is 19.1 Å². The summed E-state index contributed by atoms with van der Waals surface area (Å²) < 4.78 is 33.3. The Bertz CT molecular complexity index is 1180. The third kappa shape index (κ3) is 4.96. The molecule has 156 valence electrons. The lowest BCUT2D eigenvalue weighted by molar-refractivity contribution is -0.114. The van der Waals surface area contributed by atoms with Gasteiger partial charge in [-0.05, 0) is 48.7 Å². The second kappa shape index (κ2) is 8.96. The fourth-order valence-corrected chi connectivity index (χ4v) is 3.99. The Kier molecular flexibility index (Phi) is 6.37. The standard InChI is InChI=1S/C22H23N3O4S/c1-4-18-7-5-6-8-20(18)25-30(27,28)19-12-9-17(10-13-19)11-14-21-22(23-16(3)26)15(2)24-29-21/h5-14,25H,4H2,1-3H3,(H,23,26). The van der Waals surface area contributed by atoms with Crippen LogP contribution in [0.1, 0.15) is 36.4 Å². The molecule has 1 aromatic heterocycles. The Labute approximate surface area is 175 Å². The molecule has 0 saturated heterocycles. The number of benzene rings is 2. The van der Waals surface area contributed by atoms with Crippen LogP contribution in [0.3, 0.4) is 0 Å². The largest absolute Gasteiger partial charge is 0.354 e. The number of sulfonamides is 1. The Hall–Kier alpha value is -3.39. The number of aromatic nitrogens is 1. The molecule has 30 heavy (non-hydrogen) atoms. The van der Waals surface area contributed by atoms with Crippen LogP contribution in [-0.2, 0) is 21.2 Å². The normalized spacial score (nSPS) is 11.6. The Morgan fingerprint density at radius 1 is 1.10 bits per heavy atom. The number of rotatable bonds is 7. The Morgan fingerprint density at radius 2 is 1.80 bits per heavy atom. The van der Waals surface area contributed by atoms with Crippen molar-refractivity contribution in [3.8, 4) is 0 Å². The number of nitrogens with one attached hydrogen (secondary N) is 2. The molecular formula is C22H23N3O4S. The predicted octanol–water partition coefficient (Wildman–Crippen LogP) is 4.48. The van der Waals surface area contributed by atoms with Crippen LogP contribution >= 0.6 is 0 Å².